The van der Waals surface area contributed by atoms with Crippen molar-refractivity contribution in [1.29, 1.82) is 0 Å². The summed E-state index contributed by atoms with van der Waals surface area (Å²) in [5.41, 5.74) is 5.48. The van der Waals surface area contributed by atoms with Crippen molar-refractivity contribution >= 4 is 28.7 Å². The lowest BCUT2D eigenvalue weighted by Gasteiger charge is -2.19. The molecular formula is C23H24ClN5O2. The normalized spacial score (nSPS) is 11.8. The summed E-state index contributed by atoms with van der Waals surface area (Å²) >= 11 is 6.66. The topological polar surface area (TPSA) is 74.8 Å². The number of carbonyl (C=O) groups is 1. The van der Waals surface area contributed by atoms with Gasteiger partial charge >= 0.3 is 6.09 Å². The number of aryl methyl sites for hydroxylation is 2. The minimum atomic E-state index is -0.667. The molecule has 0 spiro atoms. The van der Waals surface area contributed by atoms with Crippen LogP contribution in [0.25, 0.3) is 33.5 Å². The molecule has 4 aromatic rings. The molecule has 0 saturated carbocycles. The third-order valence-electron chi connectivity index (χ3n) is 5.01. The van der Waals surface area contributed by atoms with Crippen molar-refractivity contribution < 1.29 is 9.53 Å². The van der Waals surface area contributed by atoms with E-state index in [1.807, 2.05) is 66.1 Å². The Bertz CT molecular complexity index is 1310. The first-order valence-corrected chi connectivity index (χ1v) is 10.3. The fourth-order valence-corrected chi connectivity index (χ4v) is 3.64. The predicted octanol–water partition coefficient (Wildman–Crippen LogP) is 5.55. The Balaban J connectivity index is 1.99. The molecule has 0 aliphatic heterocycles. The number of halogens is 1. The predicted molar refractivity (Wildman–Crippen MR) is 121 cm³/mol. The van der Waals surface area contributed by atoms with E-state index < -0.39 is 11.7 Å². The second-order valence-electron chi connectivity index (χ2n) is 8.58. The summed E-state index contributed by atoms with van der Waals surface area (Å²) < 4.78 is 8.44. The van der Waals surface area contributed by atoms with Gasteiger partial charge in [0.05, 0.1) is 16.9 Å². The number of aromatic nitrogens is 5. The third-order valence-corrected chi connectivity index (χ3v) is 5.30. The fraction of sp³-hybridized carbons (Fsp3) is 0.304. The van der Waals surface area contributed by atoms with Crippen molar-refractivity contribution in [3.8, 4) is 22.5 Å². The highest BCUT2D eigenvalue weighted by Gasteiger charge is 2.25. The molecule has 3 aromatic heterocycles. The van der Waals surface area contributed by atoms with E-state index >= 15 is 0 Å². The zero-order valence-corrected chi connectivity index (χ0v) is 19.2. The first-order chi connectivity index (χ1) is 14.5. The highest BCUT2D eigenvalue weighted by molar-refractivity contribution is 6.33. The van der Waals surface area contributed by atoms with Crippen LogP contribution in [0.5, 0.6) is 0 Å². The number of carbonyl (C=O) groups excluding carboxylic acids is 1. The molecule has 1 aromatic carbocycles. The lowest BCUT2D eigenvalue weighted by Crippen LogP contribution is -2.27. The number of ether oxygens (including phenoxy) is 1. The van der Waals surface area contributed by atoms with Crippen molar-refractivity contribution in [1.82, 2.24) is 24.5 Å². The van der Waals surface area contributed by atoms with E-state index in [4.69, 9.17) is 21.3 Å². The molecule has 0 fully saturated rings. The van der Waals surface area contributed by atoms with Gasteiger partial charge in [0.15, 0.2) is 0 Å². The molecule has 3 heterocycles. The summed E-state index contributed by atoms with van der Waals surface area (Å²) in [5.74, 6) is 0. The fourth-order valence-electron chi connectivity index (χ4n) is 3.39. The van der Waals surface area contributed by atoms with Crippen LogP contribution in [0.2, 0.25) is 5.02 Å². The molecule has 0 unspecified atom stereocenters. The molecule has 0 atom stereocenters. The second-order valence-corrected chi connectivity index (χ2v) is 8.98. The van der Waals surface area contributed by atoms with Gasteiger partial charge < -0.3 is 4.74 Å². The van der Waals surface area contributed by atoms with Crippen LogP contribution in [-0.2, 0) is 11.8 Å². The summed E-state index contributed by atoms with van der Waals surface area (Å²) in [5, 5.41) is 9.21. The molecule has 4 rings (SSSR count). The zero-order chi connectivity index (χ0) is 22.5. The van der Waals surface area contributed by atoms with Crippen LogP contribution >= 0.6 is 11.6 Å². The van der Waals surface area contributed by atoms with E-state index in [2.05, 4.69) is 10.2 Å². The van der Waals surface area contributed by atoms with E-state index in [9.17, 15) is 4.79 Å². The molecular weight excluding hydrogens is 414 g/mol. The minimum absolute atomic E-state index is 0.434. The summed E-state index contributed by atoms with van der Waals surface area (Å²) in [4.78, 5) is 17.7. The van der Waals surface area contributed by atoms with Crippen molar-refractivity contribution in [3.05, 3.63) is 52.8 Å². The third kappa shape index (κ3) is 3.93. The number of benzene rings is 1. The van der Waals surface area contributed by atoms with Crippen LogP contribution in [0, 0.1) is 13.8 Å². The number of fused-ring (bicyclic) bond motifs is 1. The van der Waals surface area contributed by atoms with Gasteiger partial charge in [0.1, 0.15) is 22.3 Å². The number of pyridine rings is 1. The molecule has 0 saturated heterocycles. The molecule has 0 aliphatic rings. The Morgan fingerprint density at radius 3 is 2.55 bits per heavy atom. The Hall–Kier alpha value is -3.19. The monoisotopic (exact) mass is 437 g/mol. The highest BCUT2D eigenvalue weighted by Crippen LogP contribution is 2.35. The average Bonchev–Trinajstić information content (AvgIpc) is 3.25. The smallest absolute Gasteiger partial charge is 0.435 e. The first-order valence-electron chi connectivity index (χ1n) is 9.93. The molecule has 0 amide bonds. The SMILES string of the molecule is Cc1cccc(-c2nc3c(-c4cnn(C)c4)nn(C(=O)OC(C)(C)C)c3cc2Cl)c1C. The Morgan fingerprint density at radius 2 is 1.90 bits per heavy atom. The van der Waals surface area contributed by atoms with Gasteiger partial charge in [0.25, 0.3) is 0 Å². The first kappa shape index (κ1) is 21.1. The van der Waals surface area contributed by atoms with Crippen molar-refractivity contribution in [2.75, 3.05) is 0 Å². The average molecular weight is 438 g/mol. The van der Waals surface area contributed by atoms with E-state index in [0.29, 0.717) is 27.4 Å². The minimum Gasteiger partial charge on any atom is -0.442 e. The van der Waals surface area contributed by atoms with Crippen LogP contribution in [-0.4, -0.2) is 36.2 Å². The summed E-state index contributed by atoms with van der Waals surface area (Å²) in [6.45, 7) is 9.51. The quantitative estimate of drug-likeness (QED) is 0.410. The number of nitrogens with zero attached hydrogens (tertiary/aromatic N) is 5. The van der Waals surface area contributed by atoms with Crippen LogP contribution in [0.15, 0.2) is 36.7 Å². The van der Waals surface area contributed by atoms with Gasteiger partial charge in [-0.05, 0) is 51.8 Å². The zero-order valence-electron chi connectivity index (χ0n) is 18.4. The van der Waals surface area contributed by atoms with Crippen molar-refractivity contribution in [2.24, 2.45) is 7.05 Å². The Kier molecular flexibility index (Phi) is 5.09. The molecule has 7 nitrogen and oxygen atoms in total. The lowest BCUT2D eigenvalue weighted by molar-refractivity contribution is 0.0523. The van der Waals surface area contributed by atoms with Gasteiger partial charge in [-0.1, -0.05) is 29.8 Å². The van der Waals surface area contributed by atoms with E-state index in [0.717, 1.165) is 22.3 Å². The molecule has 160 valence electrons. The van der Waals surface area contributed by atoms with Crippen molar-refractivity contribution in [3.63, 3.8) is 0 Å². The molecule has 0 N–H and O–H groups in total. The number of hydrogen-bond acceptors (Lipinski definition) is 5. The Labute approximate surface area is 185 Å². The molecule has 0 aliphatic carbocycles. The molecule has 0 bridgehead atoms. The largest absolute Gasteiger partial charge is 0.442 e. The highest BCUT2D eigenvalue weighted by atomic mass is 35.5. The number of hydrogen-bond donors (Lipinski definition) is 0. The van der Waals surface area contributed by atoms with Gasteiger partial charge in [0, 0.05) is 24.4 Å². The van der Waals surface area contributed by atoms with Crippen molar-refractivity contribution in [2.45, 2.75) is 40.2 Å². The second kappa shape index (κ2) is 7.50. The van der Waals surface area contributed by atoms with E-state index in [1.54, 1.807) is 16.9 Å². The Morgan fingerprint density at radius 1 is 1.16 bits per heavy atom. The summed E-state index contributed by atoms with van der Waals surface area (Å²) in [6, 6.07) is 7.74. The maximum Gasteiger partial charge on any atom is 0.435 e. The van der Waals surface area contributed by atoms with E-state index in [-0.39, 0.29) is 0 Å². The van der Waals surface area contributed by atoms with Crippen LogP contribution in [0.1, 0.15) is 31.9 Å². The molecule has 0 radical (unpaired) electrons. The van der Waals surface area contributed by atoms with Crippen LogP contribution < -0.4 is 0 Å². The van der Waals surface area contributed by atoms with Gasteiger partial charge in [-0.2, -0.15) is 14.9 Å². The van der Waals surface area contributed by atoms with Gasteiger partial charge in [-0.25, -0.2) is 9.78 Å². The molecule has 31 heavy (non-hydrogen) atoms. The maximum absolute atomic E-state index is 12.9. The van der Waals surface area contributed by atoms with Gasteiger partial charge in [-0.3, -0.25) is 4.68 Å². The lowest BCUT2D eigenvalue weighted by atomic mass is 10.0. The van der Waals surface area contributed by atoms with E-state index in [1.165, 1.54) is 4.68 Å². The molecule has 8 heteroatoms. The van der Waals surface area contributed by atoms with Crippen LogP contribution in [0.3, 0.4) is 0 Å². The summed E-state index contributed by atoms with van der Waals surface area (Å²) in [7, 11) is 1.82. The standard InChI is InChI=1S/C23H24ClN5O2/c1-13-8-7-9-16(14(13)2)20-17(24)10-18-21(26-20)19(15-11-25-28(6)12-15)27-29(18)22(30)31-23(3,4)5/h7-12H,1-6H3. The maximum atomic E-state index is 12.9. The van der Waals surface area contributed by atoms with Crippen LogP contribution in [0.4, 0.5) is 4.79 Å². The van der Waals surface area contributed by atoms with Gasteiger partial charge in [0.2, 0.25) is 0 Å². The summed E-state index contributed by atoms with van der Waals surface area (Å²) in [6.07, 6.45) is 2.93. The number of rotatable bonds is 2. The van der Waals surface area contributed by atoms with Gasteiger partial charge in [-0.15, -0.1) is 0 Å².